The van der Waals surface area contributed by atoms with Crippen LogP contribution in [0.25, 0.3) is 0 Å². The Morgan fingerprint density at radius 3 is 2.88 bits per heavy atom. The van der Waals surface area contributed by atoms with Crippen LogP contribution in [0.5, 0.6) is 0 Å². The summed E-state index contributed by atoms with van der Waals surface area (Å²) in [5.74, 6) is 0.349. The van der Waals surface area contributed by atoms with E-state index in [1.165, 1.54) is 19.3 Å². The van der Waals surface area contributed by atoms with E-state index in [4.69, 9.17) is 15.5 Å². The Bertz CT molecular complexity index is 599. The molecule has 0 aromatic carbocycles. The van der Waals surface area contributed by atoms with Gasteiger partial charge < -0.3 is 15.4 Å². The van der Waals surface area contributed by atoms with Gasteiger partial charge in [-0.2, -0.15) is 0 Å². The van der Waals surface area contributed by atoms with Crippen molar-refractivity contribution >= 4 is 11.9 Å². The number of rotatable bonds is 6. The third-order valence-electron chi connectivity index (χ3n) is 5.29. The number of carbonyl (C=O) groups is 1. The molecule has 2 N–H and O–H groups in total. The van der Waals surface area contributed by atoms with Crippen molar-refractivity contribution in [3.05, 3.63) is 30.1 Å². The van der Waals surface area contributed by atoms with Gasteiger partial charge in [-0.15, -0.1) is 0 Å². The summed E-state index contributed by atoms with van der Waals surface area (Å²) in [5.41, 5.74) is 7.39. The average Bonchev–Trinajstić information content (AvgIpc) is 3.17. The van der Waals surface area contributed by atoms with Gasteiger partial charge in [-0.3, -0.25) is 4.98 Å². The number of ether oxygens (including phenoxy) is 1. The number of guanidine groups is 1. The minimum Gasteiger partial charge on any atom is -0.464 e. The molecule has 2 heterocycles. The molecule has 1 atom stereocenters. The molecule has 1 aromatic rings. The van der Waals surface area contributed by atoms with Crippen LogP contribution in [0.2, 0.25) is 0 Å². The molecule has 0 spiro atoms. The molecule has 1 saturated heterocycles. The summed E-state index contributed by atoms with van der Waals surface area (Å²) < 4.78 is 5.51. The Balaban J connectivity index is 1.45. The van der Waals surface area contributed by atoms with Gasteiger partial charge in [0.05, 0.1) is 12.6 Å². The molecule has 142 valence electrons. The van der Waals surface area contributed by atoms with E-state index in [0.29, 0.717) is 18.6 Å². The van der Waals surface area contributed by atoms with Crippen LogP contribution in [0.3, 0.4) is 0 Å². The monoisotopic (exact) mass is 358 g/mol. The molecule has 0 radical (unpaired) electrons. The minimum absolute atomic E-state index is 0.171. The minimum atomic E-state index is -0.277. The molecule has 2 fully saturated rings. The summed E-state index contributed by atoms with van der Waals surface area (Å²) in [4.78, 5) is 23.2. The number of aryl methyl sites for hydroxylation is 1. The number of aromatic nitrogens is 1. The number of esters is 1. The number of nitrogens with zero attached hydrogens (tertiary/aromatic N) is 3. The Kier molecular flexibility index (Phi) is 6.86. The van der Waals surface area contributed by atoms with Crippen LogP contribution in [-0.2, 0) is 16.0 Å². The van der Waals surface area contributed by atoms with Gasteiger partial charge in [0.1, 0.15) is 6.04 Å². The predicted octanol–water partition coefficient (Wildman–Crippen LogP) is 2.67. The fourth-order valence-corrected chi connectivity index (χ4v) is 3.85. The molecule has 26 heavy (non-hydrogen) atoms. The molecule has 6 nitrogen and oxygen atoms in total. The average molecular weight is 358 g/mol. The summed E-state index contributed by atoms with van der Waals surface area (Å²) in [5, 5.41) is 0. The predicted molar refractivity (Wildman–Crippen MR) is 102 cm³/mol. The smallest absolute Gasteiger partial charge is 0.328 e. The first-order valence-corrected chi connectivity index (χ1v) is 9.89. The molecule has 2 aliphatic rings. The Hall–Kier alpha value is -2.11. The van der Waals surface area contributed by atoms with Crippen molar-refractivity contribution in [3.8, 4) is 0 Å². The quantitative estimate of drug-likeness (QED) is 0.366. The van der Waals surface area contributed by atoms with E-state index >= 15 is 0 Å². The van der Waals surface area contributed by atoms with Gasteiger partial charge in [0, 0.05) is 18.9 Å². The number of pyridine rings is 1. The summed E-state index contributed by atoms with van der Waals surface area (Å²) in [6.45, 7) is 1.22. The Morgan fingerprint density at radius 2 is 2.12 bits per heavy atom. The molecule has 1 saturated carbocycles. The van der Waals surface area contributed by atoms with Crippen LogP contribution < -0.4 is 5.73 Å². The summed E-state index contributed by atoms with van der Waals surface area (Å²) >= 11 is 0. The van der Waals surface area contributed by atoms with Crippen molar-refractivity contribution in [2.45, 2.75) is 69.9 Å². The number of carbonyl (C=O) groups excluding carboxylic acids is 1. The van der Waals surface area contributed by atoms with E-state index in [0.717, 1.165) is 50.6 Å². The molecular formula is C20H30N4O2. The largest absolute Gasteiger partial charge is 0.464 e. The Morgan fingerprint density at radius 1 is 1.27 bits per heavy atom. The van der Waals surface area contributed by atoms with Gasteiger partial charge in [0.2, 0.25) is 0 Å². The number of hydrogen-bond donors (Lipinski definition) is 1. The number of likely N-dealkylation sites (tertiary alicyclic amines) is 1. The molecule has 0 bridgehead atoms. The lowest BCUT2D eigenvalue weighted by Gasteiger charge is -2.26. The summed E-state index contributed by atoms with van der Waals surface area (Å²) in [6, 6.07) is 4.00. The topological polar surface area (TPSA) is 80.8 Å². The van der Waals surface area contributed by atoms with E-state index in [2.05, 4.69) is 4.98 Å². The molecule has 1 aromatic heterocycles. The van der Waals surface area contributed by atoms with Crippen molar-refractivity contribution < 1.29 is 9.53 Å². The SMILES string of the molecule is NC(=NC1CCCCC1)N1CCC[C@H]1C(=O)OCCCc1cccnc1. The van der Waals surface area contributed by atoms with Crippen molar-refractivity contribution in [2.75, 3.05) is 13.2 Å². The molecule has 1 aliphatic heterocycles. The fourth-order valence-electron chi connectivity index (χ4n) is 3.85. The number of hydrogen-bond acceptors (Lipinski definition) is 4. The fraction of sp³-hybridized carbons (Fsp3) is 0.650. The highest BCUT2D eigenvalue weighted by molar-refractivity contribution is 5.86. The van der Waals surface area contributed by atoms with Gasteiger partial charge in [-0.1, -0.05) is 25.3 Å². The van der Waals surface area contributed by atoms with Crippen LogP contribution in [0, 0.1) is 0 Å². The van der Waals surface area contributed by atoms with Crippen LogP contribution >= 0.6 is 0 Å². The zero-order valence-electron chi connectivity index (χ0n) is 15.5. The van der Waals surface area contributed by atoms with Gasteiger partial charge in [-0.05, 0) is 50.2 Å². The van der Waals surface area contributed by atoms with Crippen LogP contribution in [0.4, 0.5) is 0 Å². The lowest BCUT2D eigenvalue weighted by Crippen LogP contribution is -2.46. The second kappa shape index (κ2) is 9.55. The third kappa shape index (κ3) is 5.19. The van der Waals surface area contributed by atoms with E-state index in [9.17, 15) is 4.79 Å². The van der Waals surface area contributed by atoms with E-state index in [1.54, 1.807) is 6.20 Å². The van der Waals surface area contributed by atoms with Crippen molar-refractivity contribution in [2.24, 2.45) is 10.7 Å². The second-order valence-electron chi connectivity index (χ2n) is 7.26. The third-order valence-corrected chi connectivity index (χ3v) is 5.29. The normalized spacial score (nSPS) is 21.8. The zero-order chi connectivity index (χ0) is 18.2. The van der Waals surface area contributed by atoms with Crippen LogP contribution in [0.15, 0.2) is 29.5 Å². The molecule has 1 aliphatic carbocycles. The lowest BCUT2D eigenvalue weighted by molar-refractivity contribution is -0.147. The van der Waals surface area contributed by atoms with E-state index in [1.807, 2.05) is 23.2 Å². The first kappa shape index (κ1) is 18.7. The number of aliphatic imine (C=N–C) groups is 1. The molecule has 3 rings (SSSR count). The maximum absolute atomic E-state index is 12.5. The standard InChI is InChI=1S/C20H30N4O2/c21-20(23-17-9-2-1-3-10-17)24-13-5-11-18(24)19(25)26-14-6-8-16-7-4-12-22-15-16/h4,7,12,15,17-18H,1-3,5-6,8-11,13-14H2,(H2,21,23)/t18-/m0/s1. The summed E-state index contributed by atoms with van der Waals surface area (Å²) in [6.07, 6.45) is 13.0. The van der Waals surface area contributed by atoms with Gasteiger partial charge in [0.25, 0.3) is 0 Å². The molecular weight excluding hydrogens is 328 g/mol. The van der Waals surface area contributed by atoms with Gasteiger partial charge >= 0.3 is 5.97 Å². The van der Waals surface area contributed by atoms with Gasteiger partial charge in [-0.25, -0.2) is 9.79 Å². The van der Waals surface area contributed by atoms with Crippen LogP contribution in [0.1, 0.15) is 56.9 Å². The maximum Gasteiger partial charge on any atom is 0.328 e. The van der Waals surface area contributed by atoms with Crippen molar-refractivity contribution in [1.82, 2.24) is 9.88 Å². The first-order valence-electron chi connectivity index (χ1n) is 9.89. The Labute approximate surface area is 155 Å². The first-order chi connectivity index (χ1) is 12.7. The lowest BCUT2D eigenvalue weighted by atomic mass is 9.96. The number of nitrogens with two attached hydrogens (primary N) is 1. The molecule has 0 amide bonds. The van der Waals surface area contributed by atoms with Gasteiger partial charge in [0.15, 0.2) is 5.96 Å². The van der Waals surface area contributed by atoms with Crippen molar-refractivity contribution in [1.29, 1.82) is 0 Å². The zero-order valence-corrected chi connectivity index (χ0v) is 15.5. The highest BCUT2D eigenvalue weighted by atomic mass is 16.5. The maximum atomic E-state index is 12.5. The highest BCUT2D eigenvalue weighted by Gasteiger charge is 2.33. The van der Waals surface area contributed by atoms with E-state index in [-0.39, 0.29) is 12.0 Å². The summed E-state index contributed by atoms with van der Waals surface area (Å²) in [7, 11) is 0. The van der Waals surface area contributed by atoms with Crippen molar-refractivity contribution in [3.63, 3.8) is 0 Å². The highest BCUT2D eigenvalue weighted by Crippen LogP contribution is 2.22. The second-order valence-corrected chi connectivity index (χ2v) is 7.26. The molecule has 0 unspecified atom stereocenters. The van der Waals surface area contributed by atoms with Crippen LogP contribution in [-0.4, -0.2) is 47.0 Å². The van der Waals surface area contributed by atoms with E-state index < -0.39 is 0 Å². The molecule has 6 heteroatoms.